The van der Waals surface area contributed by atoms with Crippen LogP contribution in [0.25, 0.3) is 11.2 Å². The molecule has 0 aliphatic carbocycles. The van der Waals surface area contributed by atoms with Gasteiger partial charge in [0.15, 0.2) is 11.3 Å². The van der Waals surface area contributed by atoms with Gasteiger partial charge in [-0.2, -0.15) is 0 Å². The Morgan fingerprint density at radius 3 is 2.28 bits per heavy atom. The van der Waals surface area contributed by atoms with E-state index in [1.807, 2.05) is 45.0 Å². The average molecular weight is 434 g/mol. The molecule has 3 aromatic rings. The van der Waals surface area contributed by atoms with E-state index in [1.54, 1.807) is 28.1 Å². The van der Waals surface area contributed by atoms with E-state index >= 15 is 0 Å². The topological polar surface area (TPSA) is 88.4 Å². The molecule has 0 N–H and O–H groups in total. The molecule has 8 heteroatoms. The lowest BCUT2D eigenvalue weighted by Gasteiger charge is -2.34. The summed E-state index contributed by atoms with van der Waals surface area (Å²) in [5, 5.41) is 0. The zero-order valence-corrected chi connectivity index (χ0v) is 18.6. The molecule has 1 aromatic carbocycles. The fourth-order valence-corrected chi connectivity index (χ4v) is 4.00. The first-order valence-electron chi connectivity index (χ1n) is 10.9. The molecule has 0 unspecified atom stereocenters. The summed E-state index contributed by atoms with van der Waals surface area (Å²) < 4.78 is 1.54. The SMILES string of the molecule is Cc1ccccc1C(=O)N1CCN(C(=O)c2nc3cccnc3n(CC(C)C)c2=O)CC1. The van der Waals surface area contributed by atoms with E-state index < -0.39 is 11.5 Å². The number of nitrogens with zero attached hydrogens (tertiary/aromatic N) is 5. The monoisotopic (exact) mass is 433 g/mol. The van der Waals surface area contributed by atoms with Gasteiger partial charge in [-0.3, -0.25) is 19.0 Å². The molecule has 3 heterocycles. The smallest absolute Gasteiger partial charge is 0.283 e. The predicted molar refractivity (Wildman–Crippen MR) is 122 cm³/mol. The van der Waals surface area contributed by atoms with Gasteiger partial charge in [-0.05, 0) is 36.6 Å². The van der Waals surface area contributed by atoms with Gasteiger partial charge in [0.1, 0.15) is 5.52 Å². The highest BCUT2D eigenvalue weighted by Crippen LogP contribution is 2.15. The zero-order chi connectivity index (χ0) is 22.8. The standard InChI is InChI=1S/C24H27N5O3/c1-16(2)15-29-21-19(9-6-10-25-21)26-20(24(29)32)23(31)28-13-11-27(12-14-28)22(30)18-8-5-4-7-17(18)3/h4-10,16H,11-15H2,1-3H3. The molecule has 2 aromatic heterocycles. The number of benzene rings is 1. The summed E-state index contributed by atoms with van der Waals surface area (Å²) in [5.41, 5.74) is 2.09. The molecule has 0 saturated carbocycles. The van der Waals surface area contributed by atoms with Gasteiger partial charge in [0.25, 0.3) is 17.4 Å². The number of carbonyl (C=O) groups is 2. The number of aromatic nitrogens is 3. The van der Waals surface area contributed by atoms with Crippen molar-refractivity contribution in [3.63, 3.8) is 0 Å². The van der Waals surface area contributed by atoms with Crippen molar-refractivity contribution in [2.75, 3.05) is 26.2 Å². The van der Waals surface area contributed by atoms with E-state index in [1.165, 1.54) is 4.57 Å². The maximum Gasteiger partial charge on any atom is 0.283 e. The molecule has 32 heavy (non-hydrogen) atoms. The van der Waals surface area contributed by atoms with Crippen molar-refractivity contribution in [1.29, 1.82) is 0 Å². The minimum Gasteiger partial charge on any atom is -0.335 e. The number of hydrogen-bond donors (Lipinski definition) is 0. The normalized spacial score (nSPS) is 14.2. The molecular weight excluding hydrogens is 406 g/mol. The van der Waals surface area contributed by atoms with Gasteiger partial charge < -0.3 is 9.80 Å². The molecule has 8 nitrogen and oxygen atoms in total. The van der Waals surface area contributed by atoms with Crippen molar-refractivity contribution < 1.29 is 9.59 Å². The van der Waals surface area contributed by atoms with Gasteiger partial charge in [0.2, 0.25) is 0 Å². The van der Waals surface area contributed by atoms with Crippen molar-refractivity contribution in [2.45, 2.75) is 27.3 Å². The summed E-state index contributed by atoms with van der Waals surface area (Å²) in [4.78, 5) is 51.3. The first-order chi connectivity index (χ1) is 15.4. The molecule has 1 fully saturated rings. The first kappa shape index (κ1) is 21.7. The number of piperazine rings is 1. The van der Waals surface area contributed by atoms with Crippen LogP contribution in [-0.2, 0) is 6.54 Å². The van der Waals surface area contributed by atoms with Crippen molar-refractivity contribution in [3.8, 4) is 0 Å². The van der Waals surface area contributed by atoms with Gasteiger partial charge in [-0.15, -0.1) is 0 Å². The van der Waals surface area contributed by atoms with Crippen LogP contribution in [0, 0.1) is 12.8 Å². The number of pyridine rings is 1. The van der Waals surface area contributed by atoms with Gasteiger partial charge in [0, 0.05) is 44.5 Å². The first-order valence-corrected chi connectivity index (χ1v) is 10.9. The summed E-state index contributed by atoms with van der Waals surface area (Å²) >= 11 is 0. The lowest BCUT2D eigenvalue weighted by Crippen LogP contribution is -2.51. The molecule has 166 valence electrons. The second-order valence-electron chi connectivity index (χ2n) is 8.52. The Kier molecular flexibility index (Phi) is 6.03. The van der Waals surface area contributed by atoms with E-state index in [2.05, 4.69) is 9.97 Å². The molecule has 1 aliphatic heterocycles. The molecular formula is C24H27N5O3. The van der Waals surface area contributed by atoms with E-state index in [9.17, 15) is 14.4 Å². The van der Waals surface area contributed by atoms with Crippen LogP contribution in [0.4, 0.5) is 0 Å². The largest absolute Gasteiger partial charge is 0.335 e. The number of carbonyl (C=O) groups excluding carboxylic acids is 2. The number of fused-ring (bicyclic) bond motifs is 1. The maximum absolute atomic E-state index is 13.2. The Balaban J connectivity index is 1.56. The number of amides is 2. The Morgan fingerprint density at radius 2 is 1.62 bits per heavy atom. The Hall–Kier alpha value is -3.55. The van der Waals surface area contributed by atoms with Crippen LogP contribution < -0.4 is 5.56 Å². The molecule has 1 aliphatic rings. The van der Waals surface area contributed by atoms with Crippen LogP contribution in [0.2, 0.25) is 0 Å². The Bertz CT molecular complexity index is 1230. The molecule has 0 radical (unpaired) electrons. The van der Waals surface area contributed by atoms with Crippen molar-refractivity contribution >= 4 is 23.0 Å². The summed E-state index contributed by atoms with van der Waals surface area (Å²) in [6.45, 7) is 7.91. The molecule has 0 atom stereocenters. The number of hydrogen-bond acceptors (Lipinski definition) is 5. The fourth-order valence-electron chi connectivity index (χ4n) is 4.00. The maximum atomic E-state index is 13.2. The average Bonchev–Trinajstić information content (AvgIpc) is 2.80. The minimum absolute atomic E-state index is 0.0376. The Morgan fingerprint density at radius 1 is 0.969 bits per heavy atom. The van der Waals surface area contributed by atoms with E-state index in [0.717, 1.165) is 5.56 Å². The second-order valence-corrected chi connectivity index (χ2v) is 8.52. The van der Waals surface area contributed by atoms with Crippen LogP contribution in [0.15, 0.2) is 47.4 Å². The fraction of sp³-hybridized carbons (Fsp3) is 0.375. The van der Waals surface area contributed by atoms with Crippen LogP contribution >= 0.6 is 0 Å². The minimum atomic E-state index is -0.423. The van der Waals surface area contributed by atoms with E-state index in [4.69, 9.17) is 0 Å². The highest BCUT2D eigenvalue weighted by Gasteiger charge is 2.29. The van der Waals surface area contributed by atoms with Crippen molar-refractivity contribution in [1.82, 2.24) is 24.3 Å². The Labute approximate surface area is 186 Å². The second kappa shape index (κ2) is 8.90. The van der Waals surface area contributed by atoms with Gasteiger partial charge >= 0.3 is 0 Å². The van der Waals surface area contributed by atoms with Gasteiger partial charge in [0.05, 0.1) is 0 Å². The highest BCUT2D eigenvalue weighted by atomic mass is 16.2. The third-order valence-electron chi connectivity index (χ3n) is 5.68. The van der Waals surface area contributed by atoms with Gasteiger partial charge in [-0.1, -0.05) is 32.0 Å². The van der Waals surface area contributed by atoms with Crippen LogP contribution in [0.1, 0.15) is 40.3 Å². The van der Waals surface area contributed by atoms with E-state index in [0.29, 0.717) is 49.5 Å². The number of aryl methyl sites for hydroxylation is 1. The predicted octanol–water partition coefficient (Wildman–Crippen LogP) is 2.35. The third kappa shape index (κ3) is 4.12. The van der Waals surface area contributed by atoms with Gasteiger partial charge in [-0.25, -0.2) is 9.97 Å². The summed E-state index contributed by atoms with van der Waals surface area (Å²) in [5.74, 6) is -0.232. The molecule has 2 amide bonds. The quantitative estimate of drug-likeness (QED) is 0.630. The van der Waals surface area contributed by atoms with Crippen LogP contribution in [0.5, 0.6) is 0 Å². The van der Waals surface area contributed by atoms with Crippen LogP contribution in [0.3, 0.4) is 0 Å². The third-order valence-corrected chi connectivity index (χ3v) is 5.68. The lowest BCUT2D eigenvalue weighted by atomic mass is 10.1. The molecule has 0 bridgehead atoms. The lowest BCUT2D eigenvalue weighted by molar-refractivity contribution is 0.0530. The van der Waals surface area contributed by atoms with Crippen molar-refractivity contribution in [2.24, 2.45) is 5.92 Å². The molecule has 4 rings (SSSR count). The van der Waals surface area contributed by atoms with Crippen molar-refractivity contribution in [3.05, 3.63) is 69.8 Å². The summed E-state index contributed by atoms with van der Waals surface area (Å²) in [6, 6.07) is 11.0. The zero-order valence-electron chi connectivity index (χ0n) is 18.6. The van der Waals surface area contributed by atoms with Crippen LogP contribution in [-0.4, -0.2) is 62.3 Å². The highest BCUT2D eigenvalue weighted by molar-refractivity contribution is 5.96. The summed E-state index contributed by atoms with van der Waals surface area (Å²) in [7, 11) is 0. The molecule has 0 spiro atoms. The molecule has 1 saturated heterocycles. The summed E-state index contributed by atoms with van der Waals surface area (Å²) in [6.07, 6.45) is 1.62. The van der Waals surface area contributed by atoms with E-state index in [-0.39, 0.29) is 17.5 Å². The number of rotatable bonds is 4.